The van der Waals surface area contributed by atoms with Crippen LogP contribution >= 0.6 is 0 Å². The SMILES string of the molecule is CCC=CCC=CCCCCCCCCCCC(=O)OC. The smallest absolute Gasteiger partial charge is 0.305 e. The number of methoxy groups -OCH3 is 1. The molecule has 0 heterocycles. The molecule has 0 aromatic carbocycles. The standard InChI is InChI=1S/C19H34O2/c1-3-4-5-6-7-8-9-10-11-12-13-14-15-16-17-18-19(20)21-2/h4-5,7-8H,3,6,9-18H2,1-2H3. The molecule has 0 N–H and O–H groups in total. The van der Waals surface area contributed by atoms with E-state index in [2.05, 4.69) is 36.0 Å². The fraction of sp³-hybridized carbons (Fsp3) is 0.737. The van der Waals surface area contributed by atoms with E-state index >= 15 is 0 Å². The molecule has 0 aromatic rings. The zero-order valence-electron chi connectivity index (χ0n) is 14.1. The van der Waals surface area contributed by atoms with Crippen molar-refractivity contribution >= 4 is 5.97 Å². The van der Waals surface area contributed by atoms with E-state index in [0.717, 1.165) is 25.7 Å². The number of esters is 1. The minimum atomic E-state index is -0.0757. The zero-order chi connectivity index (χ0) is 15.6. The molecule has 0 aliphatic rings. The third kappa shape index (κ3) is 16.9. The average Bonchev–Trinajstić information content (AvgIpc) is 2.50. The second-order valence-corrected chi connectivity index (χ2v) is 5.53. The van der Waals surface area contributed by atoms with Gasteiger partial charge in [-0.2, -0.15) is 0 Å². The van der Waals surface area contributed by atoms with E-state index in [1.54, 1.807) is 0 Å². The highest BCUT2D eigenvalue weighted by Gasteiger charge is 1.98. The Morgan fingerprint density at radius 3 is 2.00 bits per heavy atom. The van der Waals surface area contributed by atoms with E-state index in [9.17, 15) is 4.79 Å². The second kappa shape index (κ2) is 17.0. The predicted octanol–water partition coefficient (Wildman–Crippen LogP) is 5.97. The summed E-state index contributed by atoms with van der Waals surface area (Å²) in [4.78, 5) is 10.9. The van der Waals surface area contributed by atoms with Gasteiger partial charge >= 0.3 is 5.97 Å². The molecule has 0 amide bonds. The van der Waals surface area contributed by atoms with Gasteiger partial charge in [-0.1, -0.05) is 69.8 Å². The van der Waals surface area contributed by atoms with E-state index in [1.165, 1.54) is 52.1 Å². The van der Waals surface area contributed by atoms with Crippen molar-refractivity contribution in [2.45, 2.75) is 84.0 Å². The van der Waals surface area contributed by atoms with Crippen molar-refractivity contribution in [1.29, 1.82) is 0 Å². The zero-order valence-corrected chi connectivity index (χ0v) is 14.1. The Balaban J connectivity index is 3.12. The molecule has 0 saturated heterocycles. The Morgan fingerprint density at radius 2 is 1.38 bits per heavy atom. The lowest BCUT2D eigenvalue weighted by atomic mass is 10.1. The maximum atomic E-state index is 10.9. The largest absolute Gasteiger partial charge is 0.469 e. The van der Waals surface area contributed by atoms with Crippen LogP contribution in [0.4, 0.5) is 0 Å². The molecule has 2 nitrogen and oxygen atoms in total. The van der Waals surface area contributed by atoms with Crippen molar-refractivity contribution in [2.24, 2.45) is 0 Å². The molecule has 2 heteroatoms. The summed E-state index contributed by atoms with van der Waals surface area (Å²) in [7, 11) is 1.46. The van der Waals surface area contributed by atoms with Gasteiger partial charge in [0.2, 0.25) is 0 Å². The lowest BCUT2D eigenvalue weighted by molar-refractivity contribution is -0.140. The van der Waals surface area contributed by atoms with Crippen LogP contribution in [0.1, 0.15) is 84.0 Å². The first kappa shape index (κ1) is 19.9. The van der Waals surface area contributed by atoms with Gasteiger partial charge in [0.05, 0.1) is 7.11 Å². The van der Waals surface area contributed by atoms with Gasteiger partial charge in [0.15, 0.2) is 0 Å². The van der Waals surface area contributed by atoms with Gasteiger partial charge in [-0.25, -0.2) is 0 Å². The van der Waals surface area contributed by atoms with Crippen LogP contribution in [-0.4, -0.2) is 13.1 Å². The first-order valence-electron chi connectivity index (χ1n) is 8.68. The van der Waals surface area contributed by atoms with E-state index in [4.69, 9.17) is 0 Å². The molecule has 0 atom stereocenters. The summed E-state index contributed by atoms with van der Waals surface area (Å²) in [6.07, 6.45) is 23.1. The van der Waals surface area contributed by atoms with E-state index in [-0.39, 0.29) is 5.97 Å². The Bertz CT molecular complexity index is 279. The minimum Gasteiger partial charge on any atom is -0.469 e. The molecular formula is C19H34O2. The molecule has 0 aliphatic heterocycles. The van der Waals surface area contributed by atoms with Crippen molar-refractivity contribution in [3.8, 4) is 0 Å². The number of hydrogen-bond donors (Lipinski definition) is 0. The number of ether oxygens (including phenoxy) is 1. The molecule has 0 aliphatic carbocycles. The van der Waals surface area contributed by atoms with Gasteiger partial charge < -0.3 is 4.74 Å². The van der Waals surface area contributed by atoms with Gasteiger partial charge in [-0.3, -0.25) is 4.79 Å². The maximum absolute atomic E-state index is 10.9. The number of rotatable bonds is 14. The summed E-state index contributed by atoms with van der Waals surface area (Å²) in [5, 5.41) is 0. The highest BCUT2D eigenvalue weighted by atomic mass is 16.5. The minimum absolute atomic E-state index is 0.0757. The molecule has 0 fully saturated rings. The second-order valence-electron chi connectivity index (χ2n) is 5.53. The number of carbonyl (C=O) groups excluding carboxylic acids is 1. The number of carbonyl (C=O) groups is 1. The summed E-state index contributed by atoms with van der Waals surface area (Å²) in [6, 6.07) is 0. The summed E-state index contributed by atoms with van der Waals surface area (Å²) >= 11 is 0. The van der Waals surface area contributed by atoms with Gasteiger partial charge in [0.25, 0.3) is 0 Å². The quantitative estimate of drug-likeness (QED) is 0.224. The van der Waals surface area contributed by atoms with Gasteiger partial charge in [-0.05, 0) is 32.1 Å². The Labute approximate surface area is 131 Å². The maximum Gasteiger partial charge on any atom is 0.305 e. The molecular weight excluding hydrogens is 260 g/mol. The lowest BCUT2D eigenvalue weighted by Crippen LogP contribution is -1.99. The highest BCUT2D eigenvalue weighted by molar-refractivity contribution is 5.68. The van der Waals surface area contributed by atoms with Crippen LogP contribution in [0, 0.1) is 0 Å². The van der Waals surface area contributed by atoms with E-state index in [0.29, 0.717) is 6.42 Å². The molecule has 0 aromatic heterocycles. The van der Waals surface area contributed by atoms with E-state index < -0.39 is 0 Å². The van der Waals surface area contributed by atoms with Crippen LogP contribution in [0.25, 0.3) is 0 Å². The van der Waals surface area contributed by atoms with Crippen molar-refractivity contribution in [1.82, 2.24) is 0 Å². The van der Waals surface area contributed by atoms with Gasteiger partial charge in [0.1, 0.15) is 0 Å². The third-order valence-electron chi connectivity index (χ3n) is 3.57. The summed E-state index contributed by atoms with van der Waals surface area (Å²) in [5.74, 6) is -0.0757. The molecule has 0 bridgehead atoms. The van der Waals surface area contributed by atoms with Crippen molar-refractivity contribution in [3.63, 3.8) is 0 Å². The van der Waals surface area contributed by atoms with Crippen molar-refractivity contribution < 1.29 is 9.53 Å². The normalized spacial score (nSPS) is 11.5. The third-order valence-corrected chi connectivity index (χ3v) is 3.57. The first-order valence-corrected chi connectivity index (χ1v) is 8.68. The Morgan fingerprint density at radius 1 is 0.810 bits per heavy atom. The van der Waals surface area contributed by atoms with Crippen LogP contribution in [0.5, 0.6) is 0 Å². The Hall–Kier alpha value is -1.05. The van der Waals surface area contributed by atoms with Crippen LogP contribution < -0.4 is 0 Å². The van der Waals surface area contributed by atoms with Crippen LogP contribution in [0.3, 0.4) is 0 Å². The average molecular weight is 294 g/mol. The predicted molar refractivity (Wildman–Crippen MR) is 91.4 cm³/mol. The molecule has 0 saturated carbocycles. The Kier molecular flexibility index (Phi) is 16.2. The number of unbranched alkanes of at least 4 members (excludes halogenated alkanes) is 8. The molecule has 0 rings (SSSR count). The molecule has 122 valence electrons. The first-order chi connectivity index (χ1) is 10.3. The monoisotopic (exact) mass is 294 g/mol. The summed E-state index contributed by atoms with van der Waals surface area (Å²) < 4.78 is 4.62. The fourth-order valence-electron chi connectivity index (χ4n) is 2.25. The highest BCUT2D eigenvalue weighted by Crippen LogP contribution is 2.11. The topological polar surface area (TPSA) is 26.3 Å². The van der Waals surface area contributed by atoms with Crippen molar-refractivity contribution in [3.05, 3.63) is 24.3 Å². The van der Waals surface area contributed by atoms with E-state index in [1.807, 2.05) is 0 Å². The molecule has 0 unspecified atom stereocenters. The summed E-state index contributed by atoms with van der Waals surface area (Å²) in [6.45, 7) is 2.17. The molecule has 0 spiro atoms. The van der Waals surface area contributed by atoms with Crippen LogP contribution in [-0.2, 0) is 9.53 Å². The summed E-state index contributed by atoms with van der Waals surface area (Å²) in [5.41, 5.74) is 0. The van der Waals surface area contributed by atoms with Crippen LogP contribution in [0.2, 0.25) is 0 Å². The van der Waals surface area contributed by atoms with Crippen LogP contribution in [0.15, 0.2) is 24.3 Å². The number of allylic oxidation sites excluding steroid dienone is 4. The fourth-order valence-corrected chi connectivity index (χ4v) is 2.25. The van der Waals surface area contributed by atoms with Gasteiger partial charge in [-0.15, -0.1) is 0 Å². The molecule has 0 radical (unpaired) electrons. The number of hydrogen-bond acceptors (Lipinski definition) is 2. The van der Waals surface area contributed by atoms with Crippen molar-refractivity contribution in [2.75, 3.05) is 7.11 Å². The van der Waals surface area contributed by atoms with Gasteiger partial charge in [0, 0.05) is 6.42 Å². The lowest BCUT2D eigenvalue weighted by Gasteiger charge is -2.01. The molecule has 21 heavy (non-hydrogen) atoms.